The monoisotopic (exact) mass is 203 g/mol. The second-order valence-corrected chi connectivity index (χ2v) is 2.80. The Balaban J connectivity index is 3.19. The summed E-state index contributed by atoms with van der Waals surface area (Å²) in [4.78, 5) is 10.8. The molecule has 5 heteroatoms. The number of rotatable bonds is 2. The van der Waals surface area contributed by atoms with Crippen molar-refractivity contribution in [3.8, 4) is 6.07 Å². The van der Waals surface area contributed by atoms with Crippen molar-refractivity contribution in [2.24, 2.45) is 0 Å². The number of nitriles is 1. The van der Waals surface area contributed by atoms with Crippen molar-refractivity contribution in [3.63, 3.8) is 0 Å². The van der Waals surface area contributed by atoms with E-state index < -0.39 is 5.97 Å². The van der Waals surface area contributed by atoms with E-state index in [0.29, 0.717) is 5.57 Å². The van der Waals surface area contributed by atoms with Gasteiger partial charge in [0.1, 0.15) is 5.70 Å². The molecule has 0 heterocycles. The standard InChI is InChI=1S/C10H9N3O2/c1-13-9(10(14)15)7-3-2-6(5-11)4-8(7)12/h2-4,12-13H,1H3,(H,14,15)/b9-7-,12-8?. The number of allylic oxidation sites excluding steroid dienone is 5. The number of nitrogens with one attached hydrogen (secondary N) is 2. The van der Waals surface area contributed by atoms with Crippen LogP contribution in [0.25, 0.3) is 0 Å². The second-order valence-electron chi connectivity index (χ2n) is 2.80. The van der Waals surface area contributed by atoms with Crippen LogP contribution >= 0.6 is 0 Å². The molecule has 0 aliphatic heterocycles. The third-order valence-electron chi connectivity index (χ3n) is 1.88. The summed E-state index contributed by atoms with van der Waals surface area (Å²) in [6, 6.07) is 1.88. The van der Waals surface area contributed by atoms with E-state index in [4.69, 9.17) is 15.8 Å². The summed E-state index contributed by atoms with van der Waals surface area (Å²) in [7, 11) is 1.47. The average Bonchev–Trinajstić information content (AvgIpc) is 2.20. The predicted molar refractivity (Wildman–Crippen MR) is 54.3 cm³/mol. The zero-order valence-corrected chi connectivity index (χ0v) is 8.03. The topological polar surface area (TPSA) is 97.0 Å². The Morgan fingerprint density at radius 2 is 2.27 bits per heavy atom. The van der Waals surface area contributed by atoms with Crippen LogP contribution in [0.2, 0.25) is 0 Å². The van der Waals surface area contributed by atoms with Gasteiger partial charge in [-0.1, -0.05) is 0 Å². The molecule has 0 aromatic heterocycles. The molecule has 76 valence electrons. The number of carboxylic acids is 1. The van der Waals surface area contributed by atoms with E-state index in [2.05, 4.69) is 5.32 Å². The van der Waals surface area contributed by atoms with Gasteiger partial charge >= 0.3 is 5.97 Å². The van der Waals surface area contributed by atoms with Gasteiger partial charge in [-0.3, -0.25) is 0 Å². The molecule has 1 aliphatic carbocycles. The minimum atomic E-state index is -1.13. The van der Waals surface area contributed by atoms with Crippen molar-refractivity contribution < 1.29 is 9.90 Å². The maximum atomic E-state index is 10.8. The first-order valence-corrected chi connectivity index (χ1v) is 4.14. The summed E-state index contributed by atoms with van der Waals surface area (Å²) < 4.78 is 0. The van der Waals surface area contributed by atoms with Gasteiger partial charge in [0, 0.05) is 12.6 Å². The van der Waals surface area contributed by atoms with Gasteiger partial charge in [0.2, 0.25) is 0 Å². The summed E-state index contributed by atoms with van der Waals surface area (Å²) in [5.41, 5.74) is 0.568. The number of aliphatic carboxylic acids is 1. The van der Waals surface area contributed by atoms with Gasteiger partial charge in [0.25, 0.3) is 0 Å². The van der Waals surface area contributed by atoms with Gasteiger partial charge in [-0.2, -0.15) is 5.26 Å². The molecular formula is C10H9N3O2. The Bertz CT molecular complexity index is 450. The fourth-order valence-electron chi connectivity index (χ4n) is 1.19. The normalized spacial score (nSPS) is 17.9. The van der Waals surface area contributed by atoms with E-state index >= 15 is 0 Å². The Morgan fingerprint density at radius 1 is 1.60 bits per heavy atom. The summed E-state index contributed by atoms with van der Waals surface area (Å²) in [6.07, 6.45) is 4.25. The van der Waals surface area contributed by atoms with Gasteiger partial charge < -0.3 is 15.8 Å². The number of likely N-dealkylation sites (N-methyl/N-ethyl adjacent to an activating group) is 1. The third-order valence-corrected chi connectivity index (χ3v) is 1.88. The molecule has 0 aromatic carbocycles. The van der Waals surface area contributed by atoms with Gasteiger partial charge in [-0.25, -0.2) is 4.79 Å². The van der Waals surface area contributed by atoms with Crippen molar-refractivity contribution in [3.05, 3.63) is 35.1 Å². The van der Waals surface area contributed by atoms with Crippen LogP contribution in [0.15, 0.2) is 35.1 Å². The van der Waals surface area contributed by atoms with E-state index in [-0.39, 0.29) is 17.0 Å². The second kappa shape index (κ2) is 4.24. The molecule has 5 nitrogen and oxygen atoms in total. The molecule has 0 atom stereocenters. The van der Waals surface area contributed by atoms with E-state index in [0.717, 1.165) is 0 Å². The van der Waals surface area contributed by atoms with Gasteiger partial charge in [-0.15, -0.1) is 0 Å². The lowest BCUT2D eigenvalue weighted by molar-refractivity contribution is -0.133. The average molecular weight is 203 g/mol. The Labute approximate surface area is 86.5 Å². The summed E-state index contributed by atoms with van der Waals surface area (Å²) >= 11 is 0. The summed E-state index contributed by atoms with van der Waals surface area (Å²) in [5, 5.41) is 27.5. The van der Waals surface area contributed by atoms with E-state index in [1.807, 2.05) is 6.07 Å². The molecule has 0 fully saturated rings. The van der Waals surface area contributed by atoms with Crippen LogP contribution < -0.4 is 5.32 Å². The molecule has 0 unspecified atom stereocenters. The first-order valence-electron chi connectivity index (χ1n) is 4.14. The zero-order chi connectivity index (χ0) is 11.4. The molecular weight excluding hydrogens is 194 g/mol. The SMILES string of the molecule is CN/C(C(=O)O)=C1/C=CC(C#N)=CC1=N. The van der Waals surface area contributed by atoms with Gasteiger partial charge in [-0.05, 0) is 18.2 Å². The quantitative estimate of drug-likeness (QED) is 0.572. The van der Waals surface area contributed by atoms with Crippen LogP contribution in [0, 0.1) is 16.7 Å². The predicted octanol–water partition coefficient (Wildman–Crippen LogP) is 0.584. The molecule has 1 rings (SSSR count). The van der Waals surface area contributed by atoms with Crippen LogP contribution in [-0.2, 0) is 4.79 Å². The highest BCUT2D eigenvalue weighted by molar-refractivity contribution is 6.14. The van der Waals surface area contributed by atoms with Crippen LogP contribution in [0.3, 0.4) is 0 Å². The molecule has 3 N–H and O–H groups in total. The van der Waals surface area contributed by atoms with E-state index in [9.17, 15) is 4.79 Å². The van der Waals surface area contributed by atoms with Gasteiger partial charge in [0.05, 0.1) is 17.4 Å². The first-order chi connectivity index (χ1) is 7.10. The molecule has 1 aliphatic rings. The molecule has 0 saturated carbocycles. The van der Waals surface area contributed by atoms with E-state index in [1.54, 1.807) is 0 Å². The Kier molecular flexibility index (Phi) is 3.03. The maximum Gasteiger partial charge on any atom is 0.352 e. The van der Waals surface area contributed by atoms with Crippen molar-refractivity contribution in [1.82, 2.24) is 5.32 Å². The highest BCUT2D eigenvalue weighted by Crippen LogP contribution is 2.15. The largest absolute Gasteiger partial charge is 0.477 e. The minimum absolute atomic E-state index is 0.0146. The van der Waals surface area contributed by atoms with Crippen LogP contribution in [0.1, 0.15) is 0 Å². The number of hydrogen-bond acceptors (Lipinski definition) is 4. The van der Waals surface area contributed by atoms with Crippen LogP contribution in [-0.4, -0.2) is 23.8 Å². The van der Waals surface area contributed by atoms with Crippen molar-refractivity contribution in [1.29, 1.82) is 10.7 Å². The first kappa shape index (κ1) is 10.7. The lowest BCUT2D eigenvalue weighted by atomic mass is 9.99. The Hall–Kier alpha value is -2.35. The fourth-order valence-corrected chi connectivity index (χ4v) is 1.19. The maximum absolute atomic E-state index is 10.8. The van der Waals surface area contributed by atoms with Crippen molar-refractivity contribution >= 4 is 11.7 Å². The van der Waals surface area contributed by atoms with Crippen LogP contribution in [0.4, 0.5) is 0 Å². The van der Waals surface area contributed by atoms with Crippen molar-refractivity contribution in [2.75, 3.05) is 7.05 Å². The number of hydrogen-bond donors (Lipinski definition) is 3. The molecule has 0 saturated heterocycles. The summed E-state index contributed by atoms with van der Waals surface area (Å²) in [6.45, 7) is 0. The molecule has 0 radical (unpaired) electrons. The van der Waals surface area contributed by atoms with E-state index in [1.165, 1.54) is 25.3 Å². The number of carboxylic acid groups (broad SMARTS) is 1. The summed E-state index contributed by atoms with van der Waals surface area (Å²) in [5.74, 6) is -1.13. The molecule has 0 aromatic rings. The number of nitrogens with zero attached hydrogens (tertiary/aromatic N) is 1. The zero-order valence-electron chi connectivity index (χ0n) is 8.03. The molecule has 0 spiro atoms. The lowest BCUT2D eigenvalue weighted by Crippen LogP contribution is -2.21. The smallest absolute Gasteiger partial charge is 0.352 e. The molecule has 0 bridgehead atoms. The highest BCUT2D eigenvalue weighted by Gasteiger charge is 2.16. The number of carbonyl (C=O) groups is 1. The van der Waals surface area contributed by atoms with Crippen LogP contribution in [0.5, 0.6) is 0 Å². The highest BCUT2D eigenvalue weighted by atomic mass is 16.4. The van der Waals surface area contributed by atoms with Crippen molar-refractivity contribution in [2.45, 2.75) is 0 Å². The molecule has 0 amide bonds. The Morgan fingerprint density at radius 3 is 2.67 bits per heavy atom. The fraction of sp³-hybridized carbons (Fsp3) is 0.100. The third kappa shape index (κ3) is 2.11. The van der Waals surface area contributed by atoms with Gasteiger partial charge in [0.15, 0.2) is 0 Å². The lowest BCUT2D eigenvalue weighted by Gasteiger charge is -2.10. The minimum Gasteiger partial charge on any atom is -0.477 e. The molecule has 15 heavy (non-hydrogen) atoms.